The Morgan fingerprint density at radius 1 is 1.07 bits per heavy atom. The van der Waals surface area contributed by atoms with Gasteiger partial charge in [0.25, 0.3) is 0 Å². The minimum atomic E-state index is 0.513. The number of benzene rings is 2. The number of hydrogen-bond donors (Lipinski definition) is 0. The van der Waals surface area contributed by atoms with Gasteiger partial charge in [0, 0.05) is 10.0 Å². The SMILES string of the molecule is Clc1c[c]c(Br)c(-c2ccccc2)c1Cl. The molecule has 2 aromatic carbocycles. The normalized spacial score (nSPS) is 10.3. The van der Waals surface area contributed by atoms with Crippen LogP contribution in [0.2, 0.25) is 10.0 Å². The highest BCUT2D eigenvalue weighted by atomic mass is 79.9. The van der Waals surface area contributed by atoms with E-state index < -0.39 is 0 Å². The van der Waals surface area contributed by atoms with Gasteiger partial charge in [-0.3, -0.25) is 0 Å². The molecule has 15 heavy (non-hydrogen) atoms. The molecule has 0 heterocycles. The molecule has 0 spiro atoms. The van der Waals surface area contributed by atoms with Crippen LogP contribution in [0.15, 0.2) is 40.9 Å². The Morgan fingerprint density at radius 3 is 2.40 bits per heavy atom. The molecular formula is C12H6BrCl2. The fourth-order valence-electron chi connectivity index (χ4n) is 1.34. The summed E-state index contributed by atoms with van der Waals surface area (Å²) in [4.78, 5) is 0. The summed E-state index contributed by atoms with van der Waals surface area (Å²) in [6, 6.07) is 14.5. The van der Waals surface area contributed by atoms with Crippen molar-refractivity contribution in [1.29, 1.82) is 0 Å². The molecule has 0 bridgehead atoms. The van der Waals surface area contributed by atoms with E-state index in [0.29, 0.717) is 10.0 Å². The Kier molecular flexibility index (Phi) is 3.35. The summed E-state index contributed by atoms with van der Waals surface area (Å²) in [6.07, 6.45) is 0. The summed E-state index contributed by atoms with van der Waals surface area (Å²) in [5, 5.41) is 1.06. The molecule has 0 atom stereocenters. The third-order valence-electron chi connectivity index (χ3n) is 2.04. The van der Waals surface area contributed by atoms with E-state index in [1.807, 2.05) is 30.3 Å². The summed E-state index contributed by atoms with van der Waals surface area (Å²) in [5.41, 5.74) is 1.90. The molecule has 2 aromatic rings. The van der Waals surface area contributed by atoms with Crippen LogP contribution in [0.4, 0.5) is 0 Å². The van der Waals surface area contributed by atoms with Gasteiger partial charge in [0.15, 0.2) is 0 Å². The van der Waals surface area contributed by atoms with Gasteiger partial charge in [-0.2, -0.15) is 0 Å². The molecule has 2 rings (SSSR count). The van der Waals surface area contributed by atoms with Crippen LogP contribution in [0.1, 0.15) is 0 Å². The highest BCUT2D eigenvalue weighted by molar-refractivity contribution is 9.10. The maximum absolute atomic E-state index is 6.15. The van der Waals surface area contributed by atoms with Crippen LogP contribution < -0.4 is 0 Å². The average molecular weight is 301 g/mol. The standard InChI is InChI=1S/C12H6BrCl2/c13-9-6-7-10(14)12(15)11(9)8-4-2-1-3-5-8/h1-5,7H. The predicted octanol–water partition coefficient (Wildman–Crippen LogP) is 5.22. The minimum absolute atomic E-state index is 0.513. The molecule has 1 radical (unpaired) electrons. The van der Waals surface area contributed by atoms with Crippen LogP contribution in [0.5, 0.6) is 0 Å². The van der Waals surface area contributed by atoms with Gasteiger partial charge in [-0.15, -0.1) is 0 Å². The molecule has 0 amide bonds. The lowest BCUT2D eigenvalue weighted by Crippen LogP contribution is -1.82. The molecule has 0 aromatic heterocycles. The molecule has 0 N–H and O–H groups in total. The van der Waals surface area contributed by atoms with Gasteiger partial charge in [-0.05, 0) is 33.6 Å². The molecule has 0 saturated carbocycles. The van der Waals surface area contributed by atoms with Gasteiger partial charge < -0.3 is 0 Å². The second-order valence-corrected chi connectivity index (χ2v) is 4.58. The van der Waals surface area contributed by atoms with Gasteiger partial charge in [-0.1, -0.05) is 53.5 Å². The van der Waals surface area contributed by atoms with E-state index in [1.165, 1.54) is 0 Å². The minimum Gasteiger partial charge on any atom is -0.0827 e. The highest BCUT2D eigenvalue weighted by Gasteiger charge is 2.10. The first-order valence-corrected chi connectivity index (χ1v) is 5.85. The first-order chi connectivity index (χ1) is 7.20. The highest BCUT2D eigenvalue weighted by Crippen LogP contribution is 2.38. The Balaban J connectivity index is 2.68. The quantitative estimate of drug-likeness (QED) is 0.633. The first kappa shape index (κ1) is 11.0. The van der Waals surface area contributed by atoms with Crippen molar-refractivity contribution in [2.75, 3.05) is 0 Å². The zero-order chi connectivity index (χ0) is 10.8. The summed E-state index contributed by atoms with van der Waals surface area (Å²) < 4.78 is 0.822. The topological polar surface area (TPSA) is 0 Å². The van der Waals surface area contributed by atoms with Crippen LogP contribution in [0.25, 0.3) is 11.1 Å². The molecule has 0 aliphatic rings. The zero-order valence-corrected chi connectivity index (χ0v) is 10.7. The summed E-state index contributed by atoms with van der Waals surface area (Å²) in [6.45, 7) is 0. The van der Waals surface area contributed by atoms with Crippen molar-refractivity contribution in [2.24, 2.45) is 0 Å². The first-order valence-electron chi connectivity index (χ1n) is 4.30. The van der Waals surface area contributed by atoms with Crippen LogP contribution in [0.3, 0.4) is 0 Å². The van der Waals surface area contributed by atoms with Crippen LogP contribution in [0, 0.1) is 6.07 Å². The Hall–Kier alpha value is -0.500. The van der Waals surface area contributed by atoms with E-state index in [1.54, 1.807) is 6.07 Å². The van der Waals surface area contributed by atoms with Crippen molar-refractivity contribution >= 4 is 39.1 Å². The monoisotopic (exact) mass is 299 g/mol. The Bertz CT molecular complexity index is 480. The third kappa shape index (κ3) is 2.20. The molecule has 0 aliphatic carbocycles. The fourth-order valence-corrected chi connectivity index (χ4v) is 2.40. The zero-order valence-electron chi connectivity index (χ0n) is 7.60. The Morgan fingerprint density at radius 2 is 1.73 bits per heavy atom. The molecule has 0 aliphatic heterocycles. The van der Waals surface area contributed by atoms with Gasteiger partial charge >= 0.3 is 0 Å². The van der Waals surface area contributed by atoms with Crippen LogP contribution in [-0.2, 0) is 0 Å². The van der Waals surface area contributed by atoms with Gasteiger partial charge in [0.2, 0.25) is 0 Å². The largest absolute Gasteiger partial charge is 0.0827 e. The van der Waals surface area contributed by atoms with Crippen LogP contribution in [-0.4, -0.2) is 0 Å². The van der Waals surface area contributed by atoms with Crippen molar-refractivity contribution < 1.29 is 0 Å². The van der Waals surface area contributed by atoms with Crippen molar-refractivity contribution in [2.45, 2.75) is 0 Å². The third-order valence-corrected chi connectivity index (χ3v) is 3.45. The Labute approximate surface area is 107 Å². The van der Waals surface area contributed by atoms with Crippen LogP contribution >= 0.6 is 39.1 Å². The predicted molar refractivity (Wildman–Crippen MR) is 68.4 cm³/mol. The molecule has 75 valence electrons. The summed E-state index contributed by atoms with van der Waals surface area (Å²) >= 11 is 15.5. The molecule has 0 saturated heterocycles. The van der Waals surface area contributed by atoms with E-state index in [9.17, 15) is 0 Å². The second-order valence-electron chi connectivity index (χ2n) is 3.01. The maximum atomic E-state index is 6.15. The second kappa shape index (κ2) is 4.56. The number of hydrogen-bond acceptors (Lipinski definition) is 0. The smallest absolute Gasteiger partial charge is 0.0682 e. The van der Waals surface area contributed by atoms with E-state index in [0.717, 1.165) is 15.6 Å². The van der Waals surface area contributed by atoms with Gasteiger partial charge in [0.05, 0.1) is 10.0 Å². The molecule has 0 unspecified atom stereocenters. The van der Waals surface area contributed by atoms with Crippen molar-refractivity contribution in [3.05, 3.63) is 57.0 Å². The summed E-state index contributed by atoms with van der Waals surface area (Å²) in [7, 11) is 0. The molecule has 0 nitrogen and oxygen atoms in total. The van der Waals surface area contributed by atoms with E-state index >= 15 is 0 Å². The number of halogens is 3. The summed E-state index contributed by atoms with van der Waals surface area (Å²) in [5.74, 6) is 0. The van der Waals surface area contributed by atoms with Crippen molar-refractivity contribution in [3.8, 4) is 11.1 Å². The lowest BCUT2D eigenvalue weighted by atomic mass is 10.1. The lowest BCUT2D eigenvalue weighted by Gasteiger charge is -2.08. The lowest BCUT2D eigenvalue weighted by molar-refractivity contribution is 1.57. The van der Waals surface area contributed by atoms with Gasteiger partial charge in [0.1, 0.15) is 0 Å². The number of rotatable bonds is 1. The van der Waals surface area contributed by atoms with Gasteiger partial charge in [-0.25, -0.2) is 0 Å². The average Bonchev–Trinajstić information content (AvgIpc) is 2.26. The van der Waals surface area contributed by atoms with E-state index in [4.69, 9.17) is 23.2 Å². The van der Waals surface area contributed by atoms with E-state index in [-0.39, 0.29) is 0 Å². The maximum Gasteiger partial charge on any atom is 0.0682 e. The van der Waals surface area contributed by atoms with E-state index in [2.05, 4.69) is 22.0 Å². The molecular weight excluding hydrogens is 295 g/mol. The van der Waals surface area contributed by atoms with Crippen molar-refractivity contribution in [3.63, 3.8) is 0 Å². The molecule has 3 heteroatoms. The fraction of sp³-hybridized carbons (Fsp3) is 0. The molecule has 0 fully saturated rings. The van der Waals surface area contributed by atoms with Crippen molar-refractivity contribution in [1.82, 2.24) is 0 Å².